The van der Waals surface area contributed by atoms with Gasteiger partial charge in [0.25, 0.3) is 0 Å². The van der Waals surface area contributed by atoms with Crippen LogP contribution in [0.5, 0.6) is 0 Å². The van der Waals surface area contributed by atoms with E-state index < -0.39 is 0 Å². The van der Waals surface area contributed by atoms with Gasteiger partial charge < -0.3 is 10.6 Å². The smallest absolute Gasteiger partial charge is 0.240 e. The van der Waals surface area contributed by atoms with E-state index in [1.165, 1.54) is 12.1 Å². The van der Waals surface area contributed by atoms with E-state index >= 15 is 0 Å². The molecule has 2 rings (SSSR count). The van der Waals surface area contributed by atoms with E-state index in [1.807, 2.05) is 4.90 Å². The van der Waals surface area contributed by atoms with Crippen LogP contribution in [0.2, 0.25) is 0 Å². The molecule has 114 valence electrons. The van der Waals surface area contributed by atoms with Crippen molar-refractivity contribution in [3.8, 4) is 0 Å². The normalized spacial score (nSPS) is 27.4. The van der Waals surface area contributed by atoms with Gasteiger partial charge in [0.2, 0.25) is 5.91 Å². The van der Waals surface area contributed by atoms with Crippen molar-refractivity contribution in [3.05, 3.63) is 11.8 Å². The van der Waals surface area contributed by atoms with E-state index in [2.05, 4.69) is 24.8 Å². The van der Waals surface area contributed by atoms with Crippen molar-refractivity contribution in [2.24, 2.45) is 11.7 Å². The monoisotopic (exact) mass is 279 g/mol. The van der Waals surface area contributed by atoms with Crippen molar-refractivity contribution in [2.45, 2.75) is 52.0 Å². The molecule has 0 saturated carbocycles. The van der Waals surface area contributed by atoms with Crippen LogP contribution in [0.15, 0.2) is 11.8 Å². The molecule has 0 aromatic carbocycles. The molecular formula is C16H29N3O. The predicted molar refractivity (Wildman–Crippen MR) is 82.1 cm³/mol. The number of likely N-dealkylation sites (N-methyl/N-ethyl adjacent to an activating group) is 1. The summed E-state index contributed by atoms with van der Waals surface area (Å²) in [4.78, 5) is 16.8. The van der Waals surface area contributed by atoms with Crippen LogP contribution in [0.1, 0.15) is 46.0 Å². The molecule has 2 atom stereocenters. The minimum atomic E-state index is 0.256. The van der Waals surface area contributed by atoms with Crippen molar-refractivity contribution in [1.82, 2.24) is 9.80 Å². The van der Waals surface area contributed by atoms with Crippen LogP contribution in [-0.4, -0.2) is 47.9 Å². The Balaban J connectivity index is 1.90. The average molecular weight is 279 g/mol. The zero-order chi connectivity index (χ0) is 14.5. The molecule has 0 aromatic rings. The molecule has 2 aliphatic rings. The van der Waals surface area contributed by atoms with Crippen LogP contribution in [0.3, 0.4) is 0 Å². The number of piperidine rings is 1. The minimum absolute atomic E-state index is 0.256. The van der Waals surface area contributed by atoms with Crippen LogP contribution in [0.25, 0.3) is 0 Å². The quantitative estimate of drug-likeness (QED) is 0.837. The minimum Gasteiger partial charge on any atom is -0.327 e. The van der Waals surface area contributed by atoms with Crippen molar-refractivity contribution in [1.29, 1.82) is 0 Å². The topological polar surface area (TPSA) is 49.6 Å². The Labute approximate surface area is 123 Å². The van der Waals surface area contributed by atoms with Gasteiger partial charge in [-0.1, -0.05) is 19.4 Å². The Kier molecular flexibility index (Phi) is 5.61. The first-order valence-corrected chi connectivity index (χ1v) is 8.13. The summed E-state index contributed by atoms with van der Waals surface area (Å²) < 4.78 is 0. The molecule has 0 aromatic heterocycles. The largest absolute Gasteiger partial charge is 0.327 e. The molecule has 1 saturated heterocycles. The number of likely N-dealkylation sites (tertiary alicyclic amines) is 1. The third-order valence-corrected chi connectivity index (χ3v) is 4.74. The molecule has 1 heterocycles. The van der Waals surface area contributed by atoms with Gasteiger partial charge in [0.1, 0.15) is 0 Å². The maximum absolute atomic E-state index is 12.5. The van der Waals surface area contributed by atoms with E-state index in [9.17, 15) is 4.79 Å². The molecule has 1 fully saturated rings. The highest BCUT2D eigenvalue weighted by atomic mass is 16.2. The third kappa shape index (κ3) is 3.61. The number of allylic oxidation sites excluding steroid dienone is 2. The summed E-state index contributed by atoms with van der Waals surface area (Å²) in [7, 11) is 0. The lowest BCUT2D eigenvalue weighted by Gasteiger charge is -2.37. The number of hydrogen-bond donors (Lipinski definition) is 1. The van der Waals surface area contributed by atoms with Gasteiger partial charge in [-0.15, -0.1) is 0 Å². The second-order valence-electron chi connectivity index (χ2n) is 6.08. The van der Waals surface area contributed by atoms with Gasteiger partial charge in [0.05, 0.1) is 6.54 Å². The maximum atomic E-state index is 12.5. The summed E-state index contributed by atoms with van der Waals surface area (Å²) >= 11 is 0. The molecule has 1 amide bonds. The van der Waals surface area contributed by atoms with Crippen molar-refractivity contribution in [2.75, 3.05) is 26.2 Å². The first-order valence-electron chi connectivity index (χ1n) is 8.13. The first kappa shape index (κ1) is 15.5. The van der Waals surface area contributed by atoms with Crippen molar-refractivity contribution in [3.63, 3.8) is 0 Å². The SMILES string of the molecule is CCC1CN(CC(=O)N(CC)C2=CCCC2)CCC1N. The second-order valence-corrected chi connectivity index (χ2v) is 6.08. The second kappa shape index (κ2) is 7.23. The van der Waals surface area contributed by atoms with Crippen molar-refractivity contribution >= 4 is 5.91 Å². The van der Waals surface area contributed by atoms with Gasteiger partial charge in [-0.05, 0) is 38.5 Å². The standard InChI is InChI=1S/C16H29N3O/c1-3-13-11-18(10-9-15(13)17)12-16(20)19(4-2)14-7-5-6-8-14/h7,13,15H,3-6,8-12,17H2,1-2H3. The number of rotatable bonds is 5. The summed E-state index contributed by atoms with van der Waals surface area (Å²) in [6, 6.07) is 0.311. The van der Waals surface area contributed by atoms with Crippen molar-refractivity contribution < 1.29 is 4.79 Å². The highest BCUT2D eigenvalue weighted by Crippen LogP contribution is 2.23. The van der Waals surface area contributed by atoms with Gasteiger partial charge >= 0.3 is 0 Å². The van der Waals surface area contributed by atoms with E-state index in [4.69, 9.17) is 5.73 Å². The number of nitrogens with zero attached hydrogens (tertiary/aromatic N) is 2. The zero-order valence-electron chi connectivity index (χ0n) is 13.0. The lowest BCUT2D eigenvalue weighted by atomic mass is 9.91. The average Bonchev–Trinajstić information content (AvgIpc) is 2.95. The Hall–Kier alpha value is -0.870. The highest BCUT2D eigenvalue weighted by molar-refractivity contribution is 5.80. The molecule has 2 unspecified atom stereocenters. The summed E-state index contributed by atoms with van der Waals surface area (Å²) in [5, 5.41) is 0. The Morgan fingerprint density at radius 3 is 2.90 bits per heavy atom. The predicted octanol–water partition coefficient (Wildman–Crippen LogP) is 1.96. The number of nitrogens with two attached hydrogens (primary N) is 1. The molecule has 0 radical (unpaired) electrons. The summed E-state index contributed by atoms with van der Waals surface area (Å²) in [6.07, 6.45) is 7.71. The first-order chi connectivity index (χ1) is 9.65. The number of carbonyl (C=O) groups excluding carboxylic acids is 1. The van der Waals surface area contributed by atoms with Crippen LogP contribution < -0.4 is 5.73 Å². The highest BCUT2D eigenvalue weighted by Gasteiger charge is 2.28. The molecule has 1 aliphatic heterocycles. The third-order valence-electron chi connectivity index (χ3n) is 4.74. The Morgan fingerprint density at radius 2 is 2.30 bits per heavy atom. The molecular weight excluding hydrogens is 250 g/mol. The van der Waals surface area contributed by atoms with Gasteiger partial charge in [-0.2, -0.15) is 0 Å². The molecule has 1 aliphatic carbocycles. The fraction of sp³-hybridized carbons (Fsp3) is 0.812. The van der Waals surface area contributed by atoms with Gasteiger partial charge in [0, 0.05) is 31.4 Å². The summed E-state index contributed by atoms with van der Waals surface area (Å²) in [5.41, 5.74) is 7.37. The Morgan fingerprint density at radius 1 is 1.50 bits per heavy atom. The van der Waals surface area contributed by atoms with Crippen LogP contribution >= 0.6 is 0 Å². The van der Waals surface area contributed by atoms with E-state index in [0.29, 0.717) is 18.5 Å². The number of amides is 1. The lowest BCUT2D eigenvalue weighted by Crippen LogP contribution is -2.50. The molecule has 0 bridgehead atoms. The van der Waals surface area contributed by atoms with Crippen LogP contribution in [-0.2, 0) is 4.79 Å². The van der Waals surface area contributed by atoms with Gasteiger partial charge in [0.15, 0.2) is 0 Å². The lowest BCUT2D eigenvalue weighted by molar-refractivity contribution is -0.131. The van der Waals surface area contributed by atoms with Gasteiger partial charge in [-0.3, -0.25) is 9.69 Å². The van der Waals surface area contributed by atoms with E-state index in [0.717, 1.165) is 45.3 Å². The molecule has 20 heavy (non-hydrogen) atoms. The molecule has 0 spiro atoms. The summed E-state index contributed by atoms with van der Waals surface area (Å²) in [6.45, 7) is 7.53. The fourth-order valence-electron chi connectivity index (χ4n) is 3.42. The zero-order valence-corrected chi connectivity index (χ0v) is 13.0. The van der Waals surface area contributed by atoms with Crippen LogP contribution in [0, 0.1) is 5.92 Å². The van der Waals surface area contributed by atoms with Gasteiger partial charge in [-0.25, -0.2) is 0 Å². The molecule has 2 N–H and O–H groups in total. The number of carbonyl (C=O) groups is 1. The summed E-state index contributed by atoms with van der Waals surface area (Å²) in [5.74, 6) is 0.795. The van der Waals surface area contributed by atoms with E-state index in [1.54, 1.807) is 0 Å². The van der Waals surface area contributed by atoms with Crippen LogP contribution in [0.4, 0.5) is 0 Å². The number of hydrogen-bond acceptors (Lipinski definition) is 3. The molecule has 4 heteroatoms. The Bertz CT molecular complexity index is 367. The molecule has 4 nitrogen and oxygen atoms in total. The van der Waals surface area contributed by atoms with E-state index in [-0.39, 0.29) is 5.91 Å². The maximum Gasteiger partial charge on any atom is 0.240 e. The fourth-order valence-corrected chi connectivity index (χ4v) is 3.42.